The Morgan fingerprint density at radius 2 is 2.05 bits per heavy atom. The van der Waals surface area contributed by atoms with Crippen molar-refractivity contribution >= 4 is 5.91 Å². The van der Waals surface area contributed by atoms with Crippen LogP contribution < -0.4 is 0 Å². The van der Waals surface area contributed by atoms with Gasteiger partial charge in [0.05, 0.1) is 19.8 Å². The maximum atomic E-state index is 12.4. The molecule has 6 heteroatoms. The fraction of sp³-hybridized carbons (Fsp3) is 0.750. The van der Waals surface area contributed by atoms with Crippen molar-refractivity contribution in [1.29, 1.82) is 0 Å². The Kier molecular flexibility index (Phi) is 5.97. The zero-order valence-corrected chi connectivity index (χ0v) is 14.0. The van der Waals surface area contributed by atoms with E-state index in [9.17, 15) is 4.79 Å². The number of nitrogens with zero attached hydrogens (tertiary/aromatic N) is 3. The number of morpholine rings is 1. The number of hydrogen-bond acceptors (Lipinski definition) is 5. The average molecular weight is 309 g/mol. The predicted octanol–water partition coefficient (Wildman–Crippen LogP) is 2.01. The lowest BCUT2D eigenvalue weighted by atomic mass is 10.0. The molecule has 0 N–H and O–H groups in total. The van der Waals surface area contributed by atoms with E-state index in [1.165, 1.54) is 0 Å². The lowest BCUT2D eigenvalue weighted by molar-refractivity contribution is 0.0305. The number of ether oxygens (including phenoxy) is 1. The molecule has 1 amide bonds. The normalized spacial score (nSPS) is 17.7. The minimum absolute atomic E-state index is 0.0786. The number of carbonyl (C=O) groups is 1. The molecule has 1 aliphatic rings. The topological polar surface area (TPSA) is 58.8 Å². The molecule has 1 aliphatic heterocycles. The van der Waals surface area contributed by atoms with Gasteiger partial charge in [0.1, 0.15) is 0 Å². The average Bonchev–Trinajstić information content (AvgIpc) is 2.94. The molecule has 22 heavy (non-hydrogen) atoms. The maximum Gasteiger partial charge on any atom is 0.276 e. The maximum absolute atomic E-state index is 12.4. The largest absolute Gasteiger partial charge is 0.379 e. The van der Waals surface area contributed by atoms with Gasteiger partial charge in [-0.15, -0.1) is 0 Å². The Morgan fingerprint density at radius 1 is 1.36 bits per heavy atom. The zero-order valence-electron chi connectivity index (χ0n) is 14.0. The summed E-state index contributed by atoms with van der Waals surface area (Å²) in [5.41, 5.74) is 0.390. The second kappa shape index (κ2) is 7.74. The van der Waals surface area contributed by atoms with Gasteiger partial charge in [0.2, 0.25) is 0 Å². The van der Waals surface area contributed by atoms with Gasteiger partial charge in [-0.3, -0.25) is 9.69 Å². The second-order valence-electron chi connectivity index (χ2n) is 6.46. The van der Waals surface area contributed by atoms with Crippen LogP contribution in [0.2, 0.25) is 0 Å². The van der Waals surface area contributed by atoms with E-state index in [2.05, 4.69) is 30.8 Å². The molecule has 0 spiro atoms. The Bertz CT molecular complexity index is 481. The van der Waals surface area contributed by atoms with E-state index < -0.39 is 0 Å². The molecular formula is C16H27N3O3. The summed E-state index contributed by atoms with van der Waals surface area (Å²) in [7, 11) is 1.83. The van der Waals surface area contributed by atoms with Crippen LogP contribution in [-0.2, 0) is 11.3 Å². The minimum Gasteiger partial charge on any atom is -0.379 e. The fourth-order valence-electron chi connectivity index (χ4n) is 2.69. The predicted molar refractivity (Wildman–Crippen MR) is 83.6 cm³/mol. The van der Waals surface area contributed by atoms with Crippen LogP contribution in [0.4, 0.5) is 0 Å². The van der Waals surface area contributed by atoms with Crippen LogP contribution in [0.3, 0.4) is 0 Å². The minimum atomic E-state index is -0.0786. The van der Waals surface area contributed by atoms with E-state index in [0.29, 0.717) is 18.2 Å². The van der Waals surface area contributed by atoms with E-state index >= 15 is 0 Å². The molecule has 1 aromatic rings. The van der Waals surface area contributed by atoms with Crippen LogP contribution in [-0.4, -0.2) is 60.3 Å². The first-order valence-corrected chi connectivity index (χ1v) is 8.00. The first-order valence-electron chi connectivity index (χ1n) is 8.00. The number of amides is 1. The van der Waals surface area contributed by atoms with Crippen molar-refractivity contribution in [1.82, 2.24) is 15.0 Å². The fourth-order valence-corrected chi connectivity index (χ4v) is 2.69. The summed E-state index contributed by atoms with van der Waals surface area (Å²) in [6.07, 6.45) is 0.973. The van der Waals surface area contributed by atoms with Gasteiger partial charge in [0.25, 0.3) is 5.91 Å². The van der Waals surface area contributed by atoms with Gasteiger partial charge < -0.3 is 14.2 Å². The molecule has 0 aromatic carbocycles. The van der Waals surface area contributed by atoms with Gasteiger partial charge in [-0.25, -0.2) is 0 Å². The molecular weight excluding hydrogens is 282 g/mol. The Labute approximate surface area is 132 Å². The van der Waals surface area contributed by atoms with Crippen LogP contribution in [0.15, 0.2) is 10.6 Å². The Hall–Kier alpha value is -1.40. The zero-order chi connectivity index (χ0) is 16.1. The van der Waals surface area contributed by atoms with Gasteiger partial charge in [0.15, 0.2) is 11.5 Å². The highest BCUT2D eigenvalue weighted by atomic mass is 16.5. The van der Waals surface area contributed by atoms with Crippen LogP contribution in [0, 0.1) is 5.92 Å². The van der Waals surface area contributed by atoms with Crippen molar-refractivity contribution < 1.29 is 14.1 Å². The van der Waals surface area contributed by atoms with Crippen molar-refractivity contribution in [3.05, 3.63) is 17.5 Å². The monoisotopic (exact) mass is 309 g/mol. The summed E-state index contributed by atoms with van der Waals surface area (Å²) < 4.78 is 10.6. The molecule has 0 unspecified atom stereocenters. The third kappa shape index (κ3) is 4.55. The smallest absolute Gasteiger partial charge is 0.276 e. The van der Waals surface area contributed by atoms with Gasteiger partial charge in [-0.2, -0.15) is 0 Å². The van der Waals surface area contributed by atoms with E-state index in [-0.39, 0.29) is 11.9 Å². The molecule has 6 nitrogen and oxygen atoms in total. The van der Waals surface area contributed by atoms with Crippen molar-refractivity contribution in [3.63, 3.8) is 0 Å². The number of rotatable bonds is 6. The van der Waals surface area contributed by atoms with Gasteiger partial charge >= 0.3 is 0 Å². The summed E-state index contributed by atoms with van der Waals surface area (Å²) in [5.74, 6) is 1.21. The molecule has 1 atom stereocenters. The van der Waals surface area contributed by atoms with Crippen molar-refractivity contribution in [2.75, 3.05) is 33.4 Å². The quantitative estimate of drug-likeness (QED) is 0.804. The number of hydrogen-bond donors (Lipinski definition) is 0. The summed E-state index contributed by atoms with van der Waals surface area (Å²) in [5, 5.41) is 3.94. The Balaban J connectivity index is 1.93. The highest BCUT2D eigenvalue weighted by Gasteiger charge is 2.22. The molecule has 1 aromatic heterocycles. The first kappa shape index (κ1) is 17.0. The summed E-state index contributed by atoms with van der Waals surface area (Å²) >= 11 is 0. The number of aromatic nitrogens is 1. The van der Waals surface area contributed by atoms with E-state index in [4.69, 9.17) is 9.26 Å². The third-order valence-electron chi connectivity index (χ3n) is 4.06. The summed E-state index contributed by atoms with van der Waals surface area (Å²) in [6.45, 7) is 10.3. The molecule has 0 bridgehead atoms. The standard InChI is InChI=1S/C16H27N3O3/c1-12(2)9-13(3)18(4)16(20)15-10-14(22-17-15)11-19-5-7-21-8-6-19/h10,12-13H,5-9,11H2,1-4H3/t13-/m0/s1. The van der Waals surface area contributed by atoms with E-state index in [1.54, 1.807) is 11.0 Å². The highest BCUT2D eigenvalue weighted by Crippen LogP contribution is 2.14. The third-order valence-corrected chi connectivity index (χ3v) is 4.06. The molecule has 2 rings (SSSR count). The van der Waals surface area contributed by atoms with Crippen LogP contribution in [0.5, 0.6) is 0 Å². The van der Waals surface area contributed by atoms with Crippen molar-refractivity contribution in [3.8, 4) is 0 Å². The SMILES string of the molecule is CC(C)C[C@H](C)N(C)C(=O)c1cc(CN2CCOCC2)on1. The Morgan fingerprint density at radius 3 is 2.68 bits per heavy atom. The lowest BCUT2D eigenvalue weighted by Gasteiger charge is -2.25. The van der Waals surface area contributed by atoms with Gasteiger partial charge in [0, 0.05) is 32.2 Å². The molecule has 1 saturated heterocycles. The lowest BCUT2D eigenvalue weighted by Crippen LogP contribution is -2.36. The van der Waals surface area contributed by atoms with Crippen LogP contribution >= 0.6 is 0 Å². The molecule has 1 fully saturated rings. The molecule has 2 heterocycles. The van der Waals surface area contributed by atoms with E-state index in [0.717, 1.165) is 38.5 Å². The molecule has 0 aliphatic carbocycles. The first-order chi connectivity index (χ1) is 10.5. The van der Waals surface area contributed by atoms with Crippen molar-refractivity contribution in [2.45, 2.75) is 39.8 Å². The molecule has 0 radical (unpaired) electrons. The number of carbonyl (C=O) groups excluding carboxylic acids is 1. The van der Waals surface area contributed by atoms with E-state index in [1.807, 2.05) is 7.05 Å². The van der Waals surface area contributed by atoms with Crippen LogP contribution in [0.25, 0.3) is 0 Å². The molecule has 124 valence electrons. The van der Waals surface area contributed by atoms with Gasteiger partial charge in [-0.05, 0) is 19.3 Å². The van der Waals surface area contributed by atoms with Gasteiger partial charge in [-0.1, -0.05) is 19.0 Å². The van der Waals surface area contributed by atoms with Crippen LogP contribution in [0.1, 0.15) is 43.4 Å². The summed E-state index contributed by atoms with van der Waals surface area (Å²) in [6, 6.07) is 1.95. The van der Waals surface area contributed by atoms with Crippen molar-refractivity contribution in [2.24, 2.45) is 5.92 Å². The summed E-state index contributed by atoms with van der Waals surface area (Å²) in [4.78, 5) is 16.4. The second-order valence-corrected chi connectivity index (χ2v) is 6.46. The highest BCUT2D eigenvalue weighted by molar-refractivity contribution is 5.92. The molecule has 0 saturated carbocycles.